The normalized spacial score (nSPS) is 29.0. The van der Waals surface area contributed by atoms with Crippen LogP contribution in [0.2, 0.25) is 0 Å². The van der Waals surface area contributed by atoms with Crippen molar-refractivity contribution in [1.82, 2.24) is 0 Å². The van der Waals surface area contributed by atoms with Crippen LogP contribution in [0.3, 0.4) is 0 Å². The highest BCUT2D eigenvalue weighted by atomic mass is 19.1. The second kappa shape index (κ2) is 6.58. The van der Waals surface area contributed by atoms with E-state index in [-0.39, 0.29) is 11.4 Å². The SMILES string of the molecule is CC1CCC(C2CCC(c3cc(F)c(O)c(F)c3)=C(F)C2)CC1. The molecule has 0 spiro atoms. The van der Waals surface area contributed by atoms with Gasteiger partial charge in [-0.2, -0.15) is 0 Å². The smallest absolute Gasteiger partial charge is 0.187 e. The molecule has 1 unspecified atom stereocenters. The van der Waals surface area contributed by atoms with Crippen molar-refractivity contribution in [3.63, 3.8) is 0 Å². The fourth-order valence-corrected chi connectivity index (χ4v) is 4.12. The summed E-state index contributed by atoms with van der Waals surface area (Å²) in [6.07, 6.45) is 6.51. The number of benzene rings is 1. The number of allylic oxidation sites excluding steroid dienone is 2. The fourth-order valence-electron chi connectivity index (χ4n) is 4.12. The minimum Gasteiger partial charge on any atom is -0.503 e. The molecule has 1 nitrogen and oxygen atoms in total. The predicted molar refractivity (Wildman–Crippen MR) is 84.5 cm³/mol. The van der Waals surface area contributed by atoms with Crippen LogP contribution in [0.1, 0.15) is 57.4 Å². The molecule has 4 heteroatoms. The minimum absolute atomic E-state index is 0.214. The van der Waals surface area contributed by atoms with E-state index in [0.29, 0.717) is 30.3 Å². The third kappa shape index (κ3) is 3.41. The van der Waals surface area contributed by atoms with Gasteiger partial charge in [-0.1, -0.05) is 19.8 Å². The molecule has 126 valence electrons. The molecule has 1 aromatic rings. The van der Waals surface area contributed by atoms with Gasteiger partial charge in [-0.25, -0.2) is 13.2 Å². The molecular weight excluding hydrogens is 301 g/mol. The lowest BCUT2D eigenvalue weighted by atomic mass is 9.71. The molecule has 0 aromatic heterocycles. The lowest BCUT2D eigenvalue weighted by Gasteiger charge is -2.35. The van der Waals surface area contributed by atoms with Crippen molar-refractivity contribution in [1.29, 1.82) is 0 Å². The summed E-state index contributed by atoms with van der Waals surface area (Å²) in [6.45, 7) is 2.27. The van der Waals surface area contributed by atoms with Crippen LogP contribution in [0, 0.1) is 29.4 Å². The van der Waals surface area contributed by atoms with Crippen molar-refractivity contribution < 1.29 is 18.3 Å². The Morgan fingerprint density at radius 3 is 2.09 bits per heavy atom. The lowest BCUT2D eigenvalue weighted by molar-refractivity contribution is 0.192. The fraction of sp³-hybridized carbons (Fsp3) is 0.579. The van der Waals surface area contributed by atoms with Crippen molar-refractivity contribution in [2.45, 2.75) is 51.9 Å². The zero-order valence-electron chi connectivity index (χ0n) is 13.4. The van der Waals surface area contributed by atoms with Crippen molar-refractivity contribution >= 4 is 5.57 Å². The molecule has 3 rings (SSSR count). The maximum atomic E-state index is 14.6. The van der Waals surface area contributed by atoms with Gasteiger partial charge >= 0.3 is 0 Å². The van der Waals surface area contributed by atoms with Crippen LogP contribution in [-0.4, -0.2) is 5.11 Å². The highest BCUT2D eigenvalue weighted by Gasteiger charge is 2.31. The van der Waals surface area contributed by atoms with Gasteiger partial charge in [-0.15, -0.1) is 0 Å². The number of halogens is 3. The Hall–Kier alpha value is -1.45. The van der Waals surface area contributed by atoms with E-state index >= 15 is 0 Å². The molecule has 1 atom stereocenters. The van der Waals surface area contributed by atoms with Crippen LogP contribution in [0.15, 0.2) is 18.0 Å². The third-order valence-electron chi connectivity index (χ3n) is 5.63. The van der Waals surface area contributed by atoms with Crippen molar-refractivity contribution in [2.75, 3.05) is 0 Å². The van der Waals surface area contributed by atoms with E-state index in [1.807, 2.05) is 0 Å². The highest BCUT2D eigenvalue weighted by Crippen LogP contribution is 2.44. The second-order valence-electron chi connectivity index (χ2n) is 7.19. The molecule has 0 radical (unpaired) electrons. The summed E-state index contributed by atoms with van der Waals surface area (Å²) in [6, 6.07) is 2.05. The molecule has 2 aliphatic rings. The molecule has 1 fully saturated rings. The van der Waals surface area contributed by atoms with Gasteiger partial charge < -0.3 is 5.11 Å². The highest BCUT2D eigenvalue weighted by molar-refractivity contribution is 5.69. The molecule has 0 amide bonds. The van der Waals surface area contributed by atoms with Gasteiger partial charge in [0.15, 0.2) is 17.4 Å². The Bertz CT molecular complexity index is 592. The van der Waals surface area contributed by atoms with E-state index in [2.05, 4.69) is 6.92 Å². The first kappa shape index (κ1) is 16.4. The van der Waals surface area contributed by atoms with E-state index in [9.17, 15) is 13.2 Å². The van der Waals surface area contributed by atoms with Crippen LogP contribution in [0.25, 0.3) is 5.57 Å². The van der Waals surface area contributed by atoms with Gasteiger partial charge in [0.1, 0.15) is 5.83 Å². The number of phenols is 1. The largest absolute Gasteiger partial charge is 0.503 e. The second-order valence-corrected chi connectivity index (χ2v) is 7.19. The predicted octanol–water partition coefficient (Wildman–Crippen LogP) is 5.98. The maximum absolute atomic E-state index is 14.6. The summed E-state index contributed by atoms with van der Waals surface area (Å²) in [5.41, 5.74) is 0.606. The minimum atomic E-state index is -1.04. The van der Waals surface area contributed by atoms with Crippen LogP contribution in [0.5, 0.6) is 5.75 Å². The molecule has 0 bridgehead atoms. The van der Waals surface area contributed by atoms with Crippen molar-refractivity contribution in [2.24, 2.45) is 17.8 Å². The third-order valence-corrected chi connectivity index (χ3v) is 5.63. The van der Waals surface area contributed by atoms with Gasteiger partial charge in [0.2, 0.25) is 0 Å². The Kier molecular flexibility index (Phi) is 4.69. The maximum Gasteiger partial charge on any atom is 0.187 e. The summed E-state index contributed by atoms with van der Waals surface area (Å²) >= 11 is 0. The summed E-state index contributed by atoms with van der Waals surface area (Å²) in [4.78, 5) is 0. The zero-order valence-corrected chi connectivity index (χ0v) is 13.4. The van der Waals surface area contributed by atoms with E-state index in [0.717, 1.165) is 37.3 Å². The molecule has 0 saturated heterocycles. The van der Waals surface area contributed by atoms with Crippen LogP contribution in [0.4, 0.5) is 13.2 Å². The summed E-state index contributed by atoms with van der Waals surface area (Å²) < 4.78 is 41.5. The van der Waals surface area contributed by atoms with Gasteiger partial charge in [-0.3, -0.25) is 0 Å². The van der Waals surface area contributed by atoms with E-state index in [1.54, 1.807) is 0 Å². The lowest BCUT2D eigenvalue weighted by Crippen LogP contribution is -2.23. The van der Waals surface area contributed by atoms with Crippen LogP contribution >= 0.6 is 0 Å². The molecule has 1 saturated carbocycles. The molecule has 23 heavy (non-hydrogen) atoms. The number of hydrogen-bond donors (Lipinski definition) is 1. The molecular formula is C19H23F3O. The number of phenolic OH excluding ortho intramolecular Hbond substituents is 1. The quantitative estimate of drug-likeness (QED) is 0.710. The van der Waals surface area contributed by atoms with Crippen molar-refractivity contribution in [3.8, 4) is 5.75 Å². The average Bonchev–Trinajstić information content (AvgIpc) is 2.53. The Morgan fingerprint density at radius 1 is 0.913 bits per heavy atom. The Morgan fingerprint density at radius 2 is 1.52 bits per heavy atom. The van der Waals surface area contributed by atoms with Gasteiger partial charge in [0.25, 0.3) is 0 Å². The van der Waals surface area contributed by atoms with Gasteiger partial charge in [0, 0.05) is 6.42 Å². The van der Waals surface area contributed by atoms with E-state index in [1.165, 1.54) is 12.8 Å². The van der Waals surface area contributed by atoms with Crippen LogP contribution in [-0.2, 0) is 0 Å². The molecule has 1 N–H and O–H groups in total. The van der Waals surface area contributed by atoms with E-state index in [4.69, 9.17) is 5.11 Å². The van der Waals surface area contributed by atoms with Gasteiger partial charge in [-0.05, 0) is 66.7 Å². The first-order valence-electron chi connectivity index (χ1n) is 8.51. The van der Waals surface area contributed by atoms with Crippen molar-refractivity contribution in [3.05, 3.63) is 35.2 Å². The number of hydrogen-bond acceptors (Lipinski definition) is 1. The van der Waals surface area contributed by atoms with E-state index < -0.39 is 17.4 Å². The summed E-state index contributed by atoms with van der Waals surface area (Å²) in [7, 11) is 0. The summed E-state index contributed by atoms with van der Waals surface area (Å²) in [5.74, 6) is -1.63. The topological polar surface area (TPSA) is 20.2 Å². The molecule has 2 aliphatic carbocycles. The monoisotopic (exact) mass is 324 g/mol. The Labute approximate surface area is 135 Å². The Balaban J connectivity index is 1.77. The van der Waals surface area contributed by atoms with Crippen LogP contribution < -0.4 is 0 Å². The summed E-state index contributed by atoms with van der Waals surface area (Å²) in [5, 5.41) is 9.17. The first-order chi connectivity index (χ1) is 11.0. The number of rotatable bonds is 2. The first-order valence-corrected chi connectivity index (χ1v) is 8.51. The zero-order chi connectivity index (χ0) is 16.6. The number of aromatic hydroxyl groups is 1. The molecule has 0 heterocycles. The molecule has 0 aliphatic heterocycles. The van der Waals surface area contributed by atoms with Gasteiger partial charge in [0.05, 0.1) is 0 Å². The average molecular weight is 324 g/mol. The standard InChI is InChI=1S/C19H23F3O/c1-11-2-4-12(5-3-11)13-6-7-15(16(20)8-13)14-9-17(21)19(23)18(22)10-14/h9-13,23H,2-8H2,1H3. The molecule has 1 aromatic carbocycles.